The number of hydrogen-bond donors (Lipinski definition) is 2. The summed E-state index contributed by atoms with van der Waals surface area (Å²) in [6.45, 7) is 4.72. The van der Waals surface area contributed by atoms with E-state index in [1.807, 2.05) is 24.6 Å². The van der Waals surface area contributed by atoms with E-state index in [9.17, 15) is 9.59 Å². The van der Waals surface area contributed by atoms with Crippen LogP contribution in [0.2, 0.25) is 0 Å². The molecule has 1 unspecified atom stereocenters. The molecule has 1 aromatic heterocycles. The first kappa shape index (κ1) is 14.6. The first-order valence-electron chi connectivity index (χ1n) is 5.62. The molecule has 0 saturated heterocycles. The first-order valence-corrected chi connectivity index (χ1v) is 6.77. The number of rotatable bonds is 8. The second kappa shape index (κ2) is 7.05. The summed E-state index contributed by atoms with van der Waals surface area (Å²) in [6, 6.07) is 1.14. The van der Waals surface area contributed by atoms with Gasteiger partial charge in [0, 0.05) is 23.7 Å². The fraction of sp³-hybridized carbons (Fsp3) is 0.545. The van der Waals surface area contributed by atoms with Crippen LogP contribution in [0.4, 0.5) is 0 Å². The van der Waals surface area contributed by atoms with Crippen molar-refractivity contribution < 1.29 is 14.7 Å². The lowest BCUT2D eigenvalue weighted by Crippen LogP contribution is -2.37. The lowest BCUT2D eigenvalue weighted by molar-refractivity contribution is -0.139. The van der Waals surface area contributed by atoms with Crippen molar-refractivity contribution in [3.63, 3.8) is 0 Å². The molecule has 0 aliphatic carbocycles. The maximum atomic E-state index is 10.8. The third-order valence-corrected chi connectivity index (χ3v) is 3.46. The van der Waals surface area contributed by atoms with Crippen molar-refractivity contribution in [1.29, 1.82) is 0 Å². The van der Waals surface area contributed by atoms with Gasteiger partial charge >= 0.3 is 5.97 Å². The molecular weight excluding hydrogens is 254 g/mol. The Balaban J connectivity index is 2.49. The Labute approximate surface area is 110 Å². The average molecular weight is 271 g/mol. The molecule has 1 amide bonds. The van der Waals surface area contributed by atoms with Crippen LogP contribution in [0.1, 0.15) is 18.3 Å². The fourth-order valence-electron chi connectivity index (χ4n) is 1.54. The monoisotopic (exact) mass is 271 g/mol. The molecule has 7 heteroatoms. The summed E-state index contributed by atoms with van der Waals surface area (Å²) in [7, 11) is 0. The van der Waals surface area contributed by atoms with Crippen LogP contribution < -0.4 is 5.32 Å². The van der Waals surface area contributed by atoms with Gasteiger partial charge in [-0.3, -0.25) is 9.48 Å². The lowest BCUT2D eigenvalue weighted by Gasteiger charge is -2.10. The van der Waals surface area contributed by atoms with Gasteiger partial charge < -0.3 is 10.4 Å². The Morgan fingerprint density at radius 1 is 1.72 bits per heavy atom. The number of nitrogens with zero attached hydrogens (tertiary/aromatic N) is 2. The topological polar surface area (TPSA) is 84.2 Å². The van der Waals surface area contributed by atoms with E-state index in [4.69, 9.17) is 5.11 Å². The molecule has 0 saturated carbocycles. The van der Waals surface area contributed by atoms with Gasteiger partial charge in [0.05, 0.1) is 5.69 Å². The second-order valence-electron chi connectivity index (χ2n) is 3.78. The summed E-state index contributed by atoms with van der Waals surface area (Å²) in [5.41, 5.74) is 2.02. The van der Waals surface area contributed by atoms with Crippen LogP contribution >= 0.6 is 11.8 Å². The first-order chi connectivity index (χ1) is 8.58. The normalized spacial score (nSPS) is 12.1. The predicted molar refractivity (Wildman–Crippen MR) is 69.4 cm³/mol. The van der Waals surface area contributed by atoms with Gasteiger partial charge in [0.2, 0.25) is 6.41 Å². The molecule has 0 bridgehead atoms. The number of amides is 1. The van der Waals surface area contributed by atoms with E-state index < -0.39 is 12.0 Å². The Bertz CT molecular complexity index is 420. The van der Waals surface area contributed by atoms with E-state index >= 15 is 0 Å². The predicted octanol–water partition coefficient (Wildman–Crippen LogP) is 0.644. The summed E-state index contributed by atoms with van der Waals surface area (Å²) >= 11 is 1.46. The number of aliphatic carboxylic acids is 1. The Morgan fingerprint density at radius 3 is 3.00 bits per heavy atom. The van der Waals surface area contributed by atoms with Gasteiger partial charge in [0.1, 0.15) is 6.04 Å². The summed E-state index contributed by atoms with van der Waals surface area (Å²) in [5, 5.41) is 15.4. The highest BCUT2D eigenvalue weighted by atomic mass is 32.2. The van der Waals surface area contributed by atoms with Crippen molar-refractivity contribution in [1.82, 2.24) is 15.1 Å². The highest BCUT2D eigenvalue weighted by Crippen LogP contribution is 2.14. The minimum absolute atomic E-state index is 0.335. The number of carbonyl (C=O) groups excluding carboxylic acids is 1. The van der Waals surface area contributed by atoms with Crippen molar-refractivity contribution in [2.75, 3.05) is 5.75 Å². The number of nitrogens with one attached hydrogen (secondary N) is 1. The third kappa shape index (κ3) is 4.06. The maximum Gasteiger partial charge on any atom is 0.327 e. The van der Waals surface area contributed by atoms with E-state index in [1.165, 1.54) is 11.8 Å². The molecule has 100 valence electrons. The molecule has 1 aromatic rings. The van der Waals surface area contributed by atoms with Gasteiger partial charge in [-0.05, 0) is 19.9 Å². The number of aromatic nitrogens is 2. The quantitative estimate of drug-likeness (QED) is 0.678. The van der Waals surface area contributed by atoms with E-state index in [0.29, 0.717) is 17.9 Å². The van der Waals surface area contributed by atoms with Crippen LogP contribution in [0.5, 0.6) is 0 Å². The zero-order valence-corrected chi connectivity index (χ0v) is 11.2. The largest absolute Gasteiger partial charge is 0.480 e. The van der Waals surface area contributed by atoms with Gasteiger partial charge in [0.15, 0.2) is 0 Å². The van der Waals surface area contributed by atoms with E-state index in [1.54, 1.807) is 0 Å². The van der Waals surface area contributed by atoms with E-state index in [0.717, 1.165) is 17.9 Å². The lowest BCUT2D eigenvalue weighted by atomic mass is 10.3. The van der Waals surface area contributed by atoms with Crippen LogP contribution in [-0.4, -0.2) is 39.1 Å². The minimum Gasteiger partial charge on any atom is -0.480 e. The number of carboxylic acids is 1. The van der Waals surface area contributed by atoms with Crippen molar-refractivity contribution in [3.8, 4) is 0 Å². The molecule has 0 spiro atoms. The van der Waals surface area contributed by atoms with Gasteiger partial charge in [-0.2, -0.15) is 16.9 Å². The average Bonchev–Trinajstić information content (AvgIpc) is 2.68. The molecule has 0 aliphatic rings. The van der Waals surface area contributed by atoms with Gasteiger partial charge in [-0.25, -0.2) is 4.79 Å². The second-order valence-corrected chi connectivity index (χ2v) is 4.81. The van der Waals surface area contributed by atoms with Crippen molar-refractivity contribution in [3.05, 3.63) is 17.5 Å². The molecule has 1 heterocycles. The number of aryl methyl sites for hydroxylation is 2. The van der Waals surface area contributed by atoms with Crippen LogP contribution in [-0.2, 0) is 21.9 Å². The number of hydrogen-bond acceptors (Lipinski definition) is 4. The molecule has 18 heavy (non-hydrogen) atoms. The fourth-order valence-corrected chi connectivity index (χ4v) is 2.58. The summed E-state index contributed by atoms with van der Waals surface area (Å²) in [4.78, 5) is 21.1. The Hall–Kier alpha value is -1.50. The molecule has 0 aliphatic heterocycles. The Morgan fingerprint density at radius 2 is 2.44 bits per heavy atom. The van der Waals surface area contributed by atoms with Gasteiger partial charge in [-0.1, -0.05) is 0 Å². The zero-order chi connectivity index (χ0) is 13.5. The van der Waals surface area contributed by atoms with Crippen molar-refractivity contribution in [2.45, 2.75) is 32.2 Å². The number of carbonyl (C=O) groups is 2. The smallest absolute Gasteiger partial charge is 0.327 e. The van der Waals surface area contributed by atoms with Crippen LogP contribution in [0, 0.1) is 6.92 Å². The maximum absolute atomic E-state index is 10.8. The highest BCUT2D eigenvalue weighted by Gasteiger charge is 2.16. The molecule has 6 nitrogen and oxygen atoms in total. The van der Waals surface area contributed by atoms with Crippen LogP contribution in [0.25, 0.3) is 0 Å². The minimum atomic E-state index is -1.02. The third-order valence-electron chi connectivity index (χ3n) is 2.39. The molecule has 1 atom stereocenters. The summed E-state index contributed by atoms with van der Waals surface area (Å²) in [5.74, 6) is -0.00383. The zero-order valence-electron chi connectivity index (χ0n) is 10.4. The standard InChI is InChI=1S/C11H17N3O3S/c1-3-14-9(4-8(2)13-14)5-18-6-10(11(16)17)12-7-15/h4,7,10H,3,5-6H2,1-2H3,(H,12,15)(H,16,17). The molecule has 0 radical (unpaired) electrons. The van der Waals surface area contributed by atoms with E-state index in [2.05, 4.69) is 10.4 Å². The highest BCUT2D eigenvalue weighted by molar-refractivity contribution is 7.98. The molecule has 0 aromatic carbocycles. The molecular formula is C11H17N3O3S. The van der Waals surface area contributed by atoms with Crippen molar-refractivity contribution >= 4 is 24.1 Å². The SMILES string of the molecule is CCn1nc(C)cc1CSCC(NC=O)C(=O)O. The summed E-state index contributed by atoms with van der Waals surface area (Å²) in [6.07, 6.45) is 0.416. The Kier molecular flexibility index (Phi) is 5.70. The number of thioether (sulfide) groups is 1. The van der Waals surface area contributed by atoms with Crippen LogP contribution in [0.15, 0.2) is 6.07 Å². The van der Waals surface area contributed by atoms with Crippen LogP contribution in [0.3, 0.4) is 0 Å². The van der Waals surface area contributed by atoms with E-state index in [-0.39, 0.29) is 0 Å². The summed E-state index contributed by atoms with van der Waals surface area (Å²) < 4.78 is 1.89. The molecule has 0 fully saturated rings. The van der Waals surface area contributed by atoms with Gasteiger partial charge in [-0.15, -0.1) is 0 Å². The number of carboxylic acid groups (broad SMARTS) is 1. The molecule has 2 N–H and O–H groups in total. The van der Waals surface area contributed by atoms with Gasteiger partial charge in [0.25, 0.3) is 0 Å². The molecule has 1 rings (SSSR count). The van der Waals surface area contributed by atoms with Crippen molar-refractivity contribution in [2.24, 2.45) is 0 Å².